The molecule has 0 bridgehead atoms. The molecule has 3 heterocycles. The van der Waals surface area contributed by atoms with Crippen molar-refractivity contribution in [1.29, 1.82) is 0 Å². The van der Waals surface area contributed by atoms with Crippen molar-refractivity contribution in [1.82, 2.24) is 34.7 Å². The molecule has 0 saturated carbocycles. The van der Waals surface area contributed by atoms with E-state index in [1.54, 1.807) is 0 Å². The molecule has 0 spiro atoms. The number of tetrazole rings is 1. The molecule has 0 unspecified atom stereocenters. The third-order valence-corrected chi connectivity index (χ3v) is 5.05. The van der Waals surface area contributed by atoms with Gasteiger partial charge in [-0.25, -0.2) is 9.67 Å². The van der Waals surface area contributed by atoms with Gasteiger partial charge in [-0.05, 0) is 55.3 Å². The van der Waals surface area contributed by atoms with Crippen molar-refractivity contribution in [2.24, 2.45) is 0 Å². The first-order valence-corrected chi connectivity index (χ1v) is 9.26. The molecular weight excluding hydrogens is 314 g/mol. The number of aromatic nitrogens is 6. The highest BCUT2D eigenvalue weighted by atomic mass is 15.5. The number of rotatable bonds is 6. The predicted molar refractivity (Wildman–Crippen MR) is 95.9 cm³/mol. The zero-order valence-corrected chi connectivity index (χ0v) is 15.0. The summed E-state index contributed by atoms with van der Waals surface area (Å²) < 4.78 is 4.28. The molecule has 7 heteroatoms. The predicted octanol–water partition coefficient (Wildman–Crippen LogP) is 2.79. The highest BCUT2D eigenvalue weighted by Gasteiger charge is 2.31. The Morgan fingerprint density at radius 2 is 2.08 bits per heavy atom. The van der Waals surface area contributed by atoms with Gasteiger partial charge in [-0.15, -0.1) is 5.10 Å². The van der Waals surface area contributed by atoms with Gasteiger partial charge in [-0.2, -0.15) is 0 Å². The van der Waals surface area contributed by atoms with Crippen molar-refractivity contribution in [2.45, 2.75) is 58.8 Å². The van der Waals surface area contributed by atoms with Crippen molar-refractivity contribution < 1.29 is 0 Å². The molecule has 1 aromatic carbocycles. The van der Waals surface area contributed by atoms with Crippen LogP contribution in [0.4, 0.5) is 0 Å². The lowest BCUT2D eigenvalue weighted by Gasteiger charge is -2.24. The Morgan fingerprint density at radius 3 is 2.92 bits per heavy atom. The zero-order chi connectivity index (χ0) is 17.2. The average molecular weight is 339 g/mol. The lowest BCUT2D eigenvalue weighted by molar-refractivity contribution is 0.225. The fourth-order valence-electron chi connectivity index (χ4n) is 3.89. The first-order valence-electron chi connectivity index (χ1n) is 9.26. The summed E-state index contributed by atoms with van der Waals surface area (Å²) in [7, 11) is 0. The van der Waals surface area contributed by atoms with Crippen LogP contribution in [0.3, 0.4) is 0 Å². The van der Waals surface area contributed by atoms with Gasteiger partial charge in [0.05, 0.1) is 23.6 Å². The molecule has 7 nitrogen and oxygen atoms in total. The summed E-state index contributed by atoms with van der Waals surface area (Å²) in [4.78, 5) is 7.44. The highest BCUT2D eigenvalue weighted by molar-refractivity contribution is 5.76. The Hall–Kier alpha value is -2.28. The van der Waals surface area contributed by atoms with Gasteiger partial charge in [0.15, 0.2) is 5.82 Å². The monoisotopic (exact) mass is 339 g/mol. The maximum atomic E-state index is 4.97. The molecule has 132 valence electrons. The molecule has 0 aliphatic carbocycles. The normalized spacial score (nSPS) is 18.4. The van der Waals surface area contributed by atoms with E-state index >= 15 is 0 Å². The second-order valence-corrected chi connectivity index (χ2v) is 6.65. The second-order valence-electron chi connectivity index (χ2n) is 6.65. The SMILES string of the molecule is CCCn1nnnc1CN1CCC[C@@H]1c1nc2ccccc2n1CC. The summed E-state index contributed by atoms with van der Waals surface area (Å²) in [6, 6.07) is 8.75. The minimum atomic E-state index is 0.333. The molecule has 0 radical (unpaired) electrons. The first-order chi connectivity index (χ1) is 12.3. The smallest absolute Gasteiger partial charge is 0.165 e. The lowest BCUT2D eigenvalue weighted by Crippen LogP contribution is -2.27. The second kappa shape index (κ2) is 6.92. The molecule has 0 N–H and O–H groups in total. The Balaban J connectivity index is 1.64. The van der Waals surface area contributed by atoms with Crippen LogP contribution in [-0.4, -0.2) is 41.2 Å². The Labute approximate surface area is 147 Å². The van der Waals surface area contributed by atoms with Crippen LogP contribution in [0, 0.1) is 0 Å². The highest BCUT2D eigenvalue weighted by Crippen LogP contribution is 2.34. The van der Waals surface area contributed by atoms with Gasteiger partial charge >= 0.3 is 0 Å². The molecule has 1 aliphatic heterocycles. The number of imidazole rings is 1. The third kappa shape index (κ3) is 2.93. The number of nitrogens with zero attached hydrogens (tertiary/aromatic N) is 7. The van der Waals surface area contributed by atoms with Crippen molar-refractivity contribution in [3.8, 4) is 0 Å². The van der Waals surface area contributed by atoms with Crippen LogP contribution in [-0.2, 0) is 19.6 Å². The number of likely N-dealkylation sites (tertiary alicyclic amines) is 1. The van der Waals surface area contributed by atoms with Gasteiger partial charge in [0, 0.05) is 13.1 Å². The number of hydrogen-bond donors (Lipinski definition) is 0. The molecule has 1 atom stereocenters. The number of hydrogen-bond acceptors (Lipinski definition) is 5. The summed E-state index contributed by atoms with van der Waals surface area (Å²) in [5, 5.41) is 12.2. The standard InChI is InChI=1S/C18H25N7/c1-3-11-25-17(20-21-22-25)13-23-12-7-10-16(23)18-19-14-8-5-6-9-15(14)24(18)4-2/h5-6,8-9,16H,3-4,7,10-13H2,1-2H3/t16-/m1/s1. The molecule has 1 aliphatic rings. The van der Waals surface area contributed by atoms with Crippen LogP contribution < -0.4 is 0 Å². The largest absolute Gasteiger partial charge is 0.327 e. The average Bonchev–Trinajstić information content (AvgIpc) is 3.34. The van der Waals surface area contributed by atoms with Crippen molar-refractivity contribution in [3.05, 3.63) is 35.9 Å². The van der Waals surface area contributed by atoms with Crippen molar-refractivity contribution in [3.63, 3.8) is 0 Å². The van der Waals surface area contributed by atoms with Crippen LogP contribution in [0.15, 0.2) is 24.3 Å². The molecule has 3 aromatic rings. The lowest BCUT2D eigenvalue weighted by atomic mass is 10.2. The molecule has 0 amide bonds. The van der Waals surface area contributed by atoms with Crippen LogP contribution in [0.2, 0.25) is 0 Å². The Morgan fingerprint density at radius 1 is 1.20 bits per heavy atom. The van der Waals surface area contributed by atoms with Crippen LogP contribution in [0.5, 0.6) is 0 Å². The van der Waals surface area contributed by atoms with E-state index in [9.17, 15) is 0 Å². The first kappa shape index (κ1) is 16.2. The third-order valence-electron chi connectivity index (χ3n) is 5.05. The fraction of sp³-hybridized carbons (Fsp3) is 0.556. The van der Waals surface area contributed by atoms with Gasteiger partial charge in [0.25, 0.3) is 0 Å². The molecular formula is C18H25N7. The fourth-order valence-corrected chi connectivity index (χ4v) is 3.89. The Kier molecular flexibility index (Phi) is 4.48. The summed E-state index contributed by atoms with van der Waals surface area (Å²) in [5.74, 6) is 2.13. The quantitative estimate of drug-likeness (QED) is 0.691. The van der Waals surface area contributed by atoms with Crippen LogP contribution in [0.25, 0.3) is 11.0 Å². The van der Waals surface area contributed by atoms with Gasteiger partial charge in [0.2, 0.25) is 0 Å². The Bertz CT molecular complexity index is 850. The van der Waals surface area contributed by atoms with Crippen molar-refractivity contribution in [2.75, 3.05) is 6.54 Å². The van der Waals surface area contributed by atoms with E-state index in [0.717, 1.165) is 50.4 Å². The van der Waals surface area contributed by atoms with E-state index in [1.807, 2.05) is 4.68 Å². The van der Waals surface area contributed by atoms with E-state index < -0.39 is 0 Å². The summed E-state index contributed by atoms with van der Waals surface area (Å²) in [5.41, 5.74) is 2.31. The molecule has 4 rings (SSSR count). The van der Waals surface area contributed by atoms with Gasteiger partial charge < -0.3 is 4.57 Å². The van der Waals surface area contributed by atoms with Crippen LogP contribution in [0.1, 0.15) is 50.8 Å². The zero-order valence-electron chi connectivity index (χ0n) is 15.0. The number of benzene rings is 1. The minimum Gasteiger partial charge on any atom is -0.327 e. The molecule has 1 saturated heterocycles. The van der Waals surface area contributed by atoms with E-state index in [2.05, 4.69) is 63.1 Å². The summed E-state index contributed by atoms with van der Waals surface area (Å²) in [6.45, 7) is 8.00. The minimum absolute atomic E-state index is 0.333. The number of aryl methyl sites for hydroxylation is 2. The number of para-hydroxylation sites is 2. The summed E-state index contributed by atoms with van der Waals surface area (Å²) >= 11 is 0. The molecule has 25 heavy (non-hydrogen) atoms. The van der Waals surface area contributed by atoms with E-state index in [1.165, 1.54) is 17.8 Å². The maximum Gasteiger partial charge on any atom is 0.165 e. The maximum absolute atomic E-state index is 4.97. The van der Waals surface area contributed by atoms with Gasteiger partial charge in [-0.1, -0.05) is 19.1 Å². The summed E-state index contributed by atoms with van der Waals surface area (Å²) in [6.07, 6.45) is 3.36. The van der Waals surface area contributed by atoms with E-state index in [-0.39, 0.29) is 0 Å². The number of fused-ring (bicyclic) bond motifs is 1. The van der Waals surface area contributed by atoms with Gasteiger partial charge in [-0.3, -0.25) is 4.90 Å². The molecule has 1 fully saturated rings. The van der Waals surface area contributed by atoms with Crippen LogP contribution >= 0.6 is 0 Å². The van der Waals surface area contributed by atoms with Crippen molar-refractivity contribution >= 4 is 11.0 Å². The van der Waals surface area contributed by atoms with Gasteiger partial charge in [0.1, 0.15) is 5.82 Å². The van der Waals surface area contributed by atoms with E-state index in [4.69, 9.17) is 4.98 Å². The molecule has 2 aromatic heterocycles. The topological polar surface area (TPSA) is 64.7 Å². The van der Waals surface area contributed by atoms with E-state index in [0.29, 0.717) is 6.04 Å².